The summed E-state index contributed by atoms with van der Waals surface area (Å²) in [5.74, 6) is 1.07. The Bertz CT molecular complexity index is 735. The molecule has 6 nitrogen and oxygen atoms in total. The third-order valence-electron chi connectivity index (χ3n) is 5.28. The molecular formula is C18H26N2O4S. The van der Waals surface area contributed by atoms with Crippen LogP contribution in [0.3, 0.4) is 0 Å². The van der Waals surface area contributed by atoms with Crippen molar-refractivity contribution in [2.75, 3.05) is 33.3 Å². The summed E-state index contributed by atoms with van der Waals surface area (Å²) in [6.45, 7) is 3.64. The number of methoxy groups -OCH3 is 1. The monoisotopic (exact) mass is 366 g/mol. The van der Waals surface area contributed by atoms with Crippen LogP contribution in [0, 0.1) is 5.92 Å². The quantitative estimate of drug-likeness (QED) is 0.798. The van der Waals surface area contributed by atoms with Crippen molar-refractivity contribution in [1.29, 1.82) is 0 Å². The molecule has 0 N–H and O–H groups in total. The number of nitrogens with zero attached hydrogens (tertiary/aromatic N) is 2. The largest absolute Gasteiger partial charge is 0.496 e. The van der Waals surface area contributed by atoms with E-state index in [2.05, 4.69) is 0 Å². The average molecular weight is 366 g/mol. The smallest absolute Gasteiger partial charge is 0.243 e. The van der Waals surface area contributed by atoms with Crippen molar-refractivity contribution in [2.24, 2.45) is 5.92 Å². The van der Waals surface area contributed by atoms with Crippen LogP contribution in [0.25, 0.3) is 0 Å². The zero-order chi connectivity index (χ0) is 18.0. The van der Waals surface area contributed by atoms with E-state index in [4.69, 9.17) is 4.74 Å². The number of carbonyl (C=O) groups excluding carboxylic acids is 1. The maximum absolute atomic E-state index is 12.9. The number of hydrogen-bond donors (Lipinski definition) is 0. The van der Waals surface area contributed by atoms with E-state index in [0.717, 1.165) is 24.8 Å². The normalized spacial score (nSPS) is 19.5. The van der Waals surface area contributed by atoms with E-state index in [1.54, 1.807) is 25.3 Å². The Morgan fingerprint density at radius 2 is 1.88 bits per heavy atom. The van der Waals surface area contributed by atoms with Crippen LogP contribution in [-0.4, -0.2) is 56.8 Å². The molecule has 3 rings (SSSR count). The number of carbonyl (C=O) groups is 1. The van der Waals surface area contributed by atoms with Gasteiger partial charge in [-0.3, -0.25) is 4.79 Å². The van der Waals surface area contributed by atoms with Crippen molar-refractivity contribution >= 4 is 15.9 Å². The Morgan fingerprint density at radius 3 is 2.40 bits per heavy atom. The topological polar surface area (TPSA) is 66.9 Å². The molecule has 7 heteroatoms. The van der Waals surface area contributed by atoms with E-state index >= 15 is 0 Å². The van der Waals surface area contributed by atoms with Crippen LogP contribution in [0.15, 0.2) is 23.1 Å². The van der Waals surface area contributed by atoms with Gasteiger partial charge in [0.2, 0.25) is 15.9 Å². The first kappa shape index (κ1) is 18.2. The number of sulfonamides is 1. The Balaban J connectivity index is 1.70. The average Bonchev–Trinajstić information content (AvgIpc) is 2.59. The standard InChI is InChI=1S/C18H26N2O4S/c1-3-14-13-16(7-8-17(14)24-2)25(22,23)20-11-9-19(10-12-20)18(21)15-5-4-6-15/h7-8,13,15H,3-6,9-12H2,1-2H3. The highest BCUT2D eigenvalue weighted by molar-refractivity contribution is 7.89. The molecule has 1 heterocycles. The van der Waals surface area contributed by atoms with Gasteiger partial charge in [-0.05, 0) is 43.0 Å². The second kappa shape index (κ2) is 7.33. The number of aryl methyl sites for hydroxylation is 1. The predicted molar refractivity (Wildman–Crippen MR) is 95.1 cm³/mol. The molecule has 1 saturated heterocycles. The number of rotatable bonds is 5. The van der Waals surface area contributed by atoms with Gasteiger partial charge in [0.1, 0.15) is 5.75 Å². The van der Waals surface area contributed by atoms with Gasteiger partial charge < -0.3 is 9.64 Å². The van der Waals surface area contributed by atoms with Gasteiger partial charge in [-0.1, -0.05) is 13.3 Å². The van der Waals surface area contributed by atoms with Crippen LogP contribution in [-0.2, 0) is 21.2 Å². The Morgan fingerprint density at radius 1 is 1.20 bits per heavy atom. The first-order valence-corrected chi connectivity index (χ1v) is 10.4. The van der Waals surface area contributed by atoms with Gasteiger partial charge in [-0.25, -0.2) is 8.42 Å². The molecule has 25 heavy (non-hydrogen) atoms. The number of amides is 1. The molecular weight excluding hydrogens is 340 g/mol. The molecule has 1 aliphatic carbocycles. The summed E-state index contributed by atoms with van der Waals surface area (Å²) in [5.41, 5.74) is 0.877. The van der Waals surface area contributed by atoms with Crippen LogP contribution in [0.2, 0.25) is 0 Å². The first-order valence-electron chi connectivity index (χ1n) is 8.93. The Labute approximate surface area is 149 Å². The molecule has 0 spiro atoms. The van der Waals surface area contributed by atoms with Crippen molar-refractivity contribution in [3.8, 4) is 5.75 Å². The number of ether oxygens (including phenoxy) is 1. The summed E-state index contributed by atoms with van der Waals surface area (Å²) >= 11 is 0. The van der Waals surface area contributed by atoms with Gasteiger partial charge >= 0.3 is 0 Å². The fourth-order valence-electron chi connectivity index (χ4n) is 3.40. The van der Waals surface area contributed by atoms with Crippen LogP contribution >= 0.6 is 0 Å². The zero-order valence-corrected chi connectivity index (χ0v) is 15.7. The molecule has 1 aliphatic heterocycles. The van der Waals surface area contributed by atoms with Crippen molar-refractivity contribution in [1.82, 2.24) is 9.21 Å². The minimum atomic E-state index is -3.54. The van der Waals surface area contributed by atoms with Gasteiger partial charge in [-0.15, -0.1) is 0 Å². The van der Waals surface area contributed by atoms with Gasteiger partial charge in [0.05, 0.1) is 12.0 Å². The maximum Gasteiger partial charge on any atom is 0.243 e. The number of hydrogen-bond acceptors (Lipinski definition) is 4. The van der Waals surface area contributed by atoms with E-state index in [-0.39, 0.29) is 11.8 Å². The summed E-state index contributed by atoms with van der Waals surface area (Å²) < 4.78 is 32.6. The third-order valence-corrected chi connectivity index (χ3v) is 7.17. The van der Waals surface area contributed by atoms with Crippen LogP contribution in [0.4, 0.5) is 0 Å². The van der Waals surface area contributed by atoms with E-state index in [9.17, 15) is 13.2 Å². The summed E-state index contributed by atoms with van der Waals surface area (Å²) in [6, 6.07) is 5.00. The van der Waals surface area contributed by atoms with E-state index < -0.39 is 10.0 Å². The Hall–Kier alpha value is -1.60. The lowest BCUT2D eigenvalue weighted by atomic mass is 9.84. The molecule has 0 bridgehead atoms. The number of benzene rings is 1. The lowest BCUT2D eigenvalue weighted by Gasteiger charge is -2.37. The molecule has 1 aromatic rings. The second-order valence-electron chi connectivity index (χ2n) is 6.68. The van der Waals surface area contributed by atoms with Gasteiger partial charge in [-0.2, -0.15) is 4.31 Å². The van der Waals surface area contributed by atoms with E-state index in [0.29, 0.717) is 43.2 Å². The van der Waals surface area contributed by atoms with Crippen LogP contribution in [0.1, 0.15) is 31.7 Å². The van der Waals surface area contributed by atoms with Gasteiger partial charge in [0.25, 0.3) is 0 Å². The maximum atomic E-state index is 12.9. The van der Waals surface area contributed by atoms with Crippen molar-refractivity contribution in [3.63, 3.8) is 0 Å². The highest BCUT2D eigenvalue weighted by Crippen LogP contribution is 2.29. The molecule has 0 aromatic heterocycles. The molecule has 0 unspecified atom stereocenters. The molecule has 1 aromatic carbocycles. The summed E-state index contributed by atoms with van der Waals surface area (Å²) in [6.07, 6.45) is 3.78. The molecule has 1 saturated carbocycles. The third kappa shape index (κ3) is 3.53. The second-order valence-corrected chi connectivity index (χ2v) is 8.62. The van der Waals surface area contributed by atoms with Crippen LogP contribution < -0.4 is 4.74 Å². The van der Waals surface area contributed by atoms with Crippen molar-refractivity contribution in [2.45, 2.75) is 37.5 Å². The summed E-state index contributed by atoms with van der Waals surface area (Å²) in [7, 11) is -1.96. The highest BCUT2D eigenvalue weighted by Gasteiger charge is 2.34. The zero-order valence-electron chi connectivity index (χ0n) is 14.9. The lowest BCUT2D eigenvalue weighted by Crippen LogP contribution is -2.52. The fraction of sp³-hybridized carbons (Fsp3) is 0.611. The molecule has 138 valence electrons. The molecule has 2 aliphatic rings. The van der Waals surface area contributed by atoms with Gasteiger partial charge in [0.15, 0.2) is 0 Å². The highest BCUT2D eigenvalue weighted by atomic mass is 32.2. The summed E-state index contributed by atoms with van der Waals surface area (Å²) in [5, 5.41) is 0. The molecule has 1 amide bonds. The number of piperazine rings is 1. The SMILES string of the molecule is CCc1cc(S(=O)(=O)N2CCN(C(=O)C3CCC3)CC2)ccc1OC. The lowest BCUT2D eigenvalue weighted by molar-refractivity contribution is -0.139. The summed E-state index contributed by atoms with van der Waals surface area (Å²) in [4.78, 5) is 14.4. The molecule has 0 radical (unpaired) electrons. The van der Waals surface area contributed by atoms with Gasteiger partial charge in [0, 0.05) is 32.1 Å². The molecule has 2 fully saturated rings. The first-order chi connectivity index (χ1) is 12.0. The minimum absolute atomic E-state index is 0.164. The predicted octanol–water partition coefficient (Wildman–Crippen LogP) is 1.89. The van der Waals surface area contributed by atoms with Crippen molar-refractivity contribution < 1.29 is 17.9 Å². The fourth-order valence-corrected chi connectivity index (χ4v) is 4.88. The van der Waals surface area contributed by atoms with Crippen LogP contribution in [0.5, 0.6) is 5.75 Å². The van der Waals surface area contributed by atoms with E-state index in [1.165, 1.54) is 4.31 Å². The van der Waals surface area contributed by atoms with E-state index in [1.807, 2.05) is 11.8 Å². The Kier molecular flexibility index (Phi) is 5.34. The van der Waals surface area contributed by atoms with Crippen molar-refractivity contribution in [3.05, 3.63) is 23.8 Å². The minimum Gasteiger partial charge on any atom is -0.496 e. The molecule has 0 atom stereocenters.